The Morgan fingerprint density at radius 3 is 2.72 bits per heavy atom. The first kappa shape index (κ1) is 12.6. The van der Waals surface area contributed by atoms with Crippen LogP contribution in [0.15, 0.2) is 30.3 Å². The highest BCUT2D eigenvalue weighted by Crippen LogP contribution is 2.29. The largest absolute Gasteiger partial charge is 0.330 e. The SMILES string of the molecule is CC(C(=O)NO)N1CCC(c2ccccc2)C1=O. The maximum absolute atomic E-state index is 12.2. The summed E-state index contributed by atoms with van der Waals surface area (Å²) >= 11 is 0. The average molecular weight is 248 g/mol. The number of nitrogens with zero attached hydrogens (tertiary/aromatic N) is 1. The summed E-state index contributed by atoms with van der Waals surface area (Å²) in [5, 5.41) is 8.60. The Hall–Kier alpha value is -1.88. The molecule has 96 valence electrons. The molecule has 2 atom stereocenters. The second-order valence-corrected chi connectivity index (χ2v) is 4.44. The number of hydrogen-bond donors (Lipinski definition) is 2. The van der Waals surface area contributed by atoms with Crippen LogP contribution in [-0.4, -0.2) is 34.5 Å². The van der Waals surface area contributed by atoms with Crippen molar-refractivity contribution in [3.8, 4) is 0 Å². The van der Waals surface area contributed by atoms with E-state index in [4.69, 9.17) is 5.21 Å². The van der Waals surface area contributed by atoms with Gasteiger partial charge in [0.2, 0.25) is 5.91 Å². The van der Waals surface area contributed by atoms with E-state index < -0.39 is 11.9 Å². The van der Waals surface area contributed by atoms with Crippen LogP contribution in [0.1, 0.15) is 24.8 Å². The number of hydrogen-bond acceptors (Lipinski definition) is 3. The van der Waals surface area contributed by atoms with Gasteiger partial charge in [-0.2, -0.15) is 0 Å². The van der Waals surface area contributed by atoms with Crippen LogP contribution in [0.4, 0.5) is 0 Å². The van der Waals surface area contributed by atoms with Crippen molar-refractivity contribution in [1.82, 2.24) is 10.4 Å². The first-order valence-corrected chi connectivity index (χ1v) is 5.94. The summed E-state index contributed by atoms with van der Waals surface area (Å²) in [6.07, 6.45) is 0.700. The molecule has 18 heavy (non-hydrogen) atoms. The number of carbonyl (C=O) groups excluding carboxylic acids is 2. The Balaban J connectivity index is 2.13. The van der Waals surface area contributed by atoms with Crippen LogP contribution < -0.4 is 5.48 Å². The van der Waals surface area contributed by atoms with E-state index >= 15 is 0 Å². The molecule has 1 saturated heterocycles. The quantitative estimate of drug-likeness (QED) is 0.616. The first-order valence-electron chi connectivity index (χ1n) is 5.94. The van der Waals surface area contributed by atoms with E-state index in [0.717, 1.165) is 5.56 Å². The number of carbonyl (C=O) groups is 2. The third-order valence-electron chi connectivity index (χ3n) is 3.40. The lowest BCUT2D eigenvalue weighted by atomic mass is 9.98. The highest BCUT2D eigenvalue weighted by Gasteiger charge is 2.37. The molecule has 0 spiro atoms. The van der Waals surface area contributed by atoms with E-state index in [9.17, 15) is 9.59 Å². The fraction of sp³-hybridized carbons (Fsp3) is 0.385. The molecule has 2 unspecified atom stereocenters. The van der Waals surface area contributed by atoms with Crippen molar-refractivity contribution < 1.29 is 14.8 Å². The summed E-state index contributed by atoms with van der Waals surface area (Å²) < 4.78 is 0. The standard InChI is InChI=1S/C13H16N2O3/c1-9(12(16)14-18)15-8-7-11(13(15)17)10-5-3-2-4-6-10/h2-6,9,11,18H,7-8H2,1H3,(H,14,16). The summed E-state index contributed by atoms with van der Waals surface area (Å²) in [4.78, 5) is 25.1. The number of rotatable bonds is 3. The number of likely N-dealkylation sites (tertiary alicyclic amines) is 1. The zero-order chi connectivity index (χ0) is 13.1. The smallest absolute Gasteiger partial charge is 0.265 e. The van der Waals surface area contributed by atoms with Crippen molar-refractivity contribution >= 4 is 11.8 Å². The molecule has 1 heterocycles. The molecule has 1 fully saturated rings. The number of amides is 2. The normalized spacial score (nSPS) is 20.9. The van der Waals surface area contributed by atoms with Gasteiger partial charge in [0.1, 0.15) is 6.04 Å². The van der Waals surface area contributed by atoms with E-state index in [1.165, 1.54) is 4.90 Å². The van der Waals surface area contributed by atoms with Gasteiger partial charge >= 0.3 is 0 Å². The van der Waals surface area contributed by atoms with Crippen molar-refractivity contribution in [3.05, 3.63) is 35.9 Å². The molecule has 0 aliphatic carbocycles. The fourth-order valence-corrected chi connectivity index (χ4v) is 2.32. The van der Waals surface area contributed by atoms with Crippen molar-refractivity contribution in [1.29, 1.82) is 0 Å². The molecule has 0 aromatic heterocycles. The predicted octanol–water partition coefficient (Wildman–Crippen LogP) is 0.896. The van der Waals surface area contributed by atoms with Crippen LogP contribution in [0.25, 0.3) is 0 Å². The van der Waals surface area contributed by atoms with Crippen LogP contribution >= 0.6 is 0 Å². The van der Waals surface area contributed by atoms with Crippen LogP contribution in [0, 0.1) is 0 Å². The Morgan fingerprint density at radius 1 is 1.44 bits per heavy atom. The van der Waals surface area contributed by atoms with Gasteiger partial charge in [-0.25, -0.2) is 5.48 Å². The summed E-state index contributed by atoms with van der Waals surface area (Å²) in [5.74, 6) is -0.797. The molecule has 1 aliphatic rings. The van der Waals surface area contributed by atoms with E-state index in [1.54, 1.807) is 12.4 Å². The minimum Gasteiger partial charge on any atom is -0.330 e. The minimum absolute atomic E-state index is 0.0581. The summed E-state index contributed by atoms with van der Waals surface area (Å²) in [5.41, 5.74) is 2.56. The van der Waals surface area contributed by atoms with Gasteiger partial charge in [0.25, 0.3) is 5.91 Å². The number of nitrogens with one attached hydrogen (secondary N) is 1. The molecule has 0 radical (unpaired) electrons. The van der Waals surface area contributed by atoms with Crippen LogP contribution in [0.2, 0.25) is 0 Å². The van der Waals surface area contributed by atoms with Gasteiger partial charge < -0.3 is 4.90 Å². The van der Waals surface area contributed by atoms with Crippen LogP contribution in [0.3, 0.4) is 0 Å². The Kier molecular flexibility index (Phi) is 3.62. The van der Waals surface area contributed by atoms with Crippen molar-refractivity contribution in [2.75, 3.05) is 6.54 Å². The second kappa shape index (κ2) is 5.18. The topological polar surface area (TPSA) is 69.6 Å². The zero-order valence-corrected chi connectivity index (χ0v) is 10.2. The number of hydroxylamine groups is 1. The van der Waals surface area contributed by atoms with E-state index in [-0.39, 0.29) is 11.8 Å². The third kappa shape index (κ3) is 2.22. The van der Waals surface area contributed by atoms with Crippen LogP contribution in [-0.2, 0) is 9.59 Å². The Morgan fingerprint density at radius 2 is 2.11 bits per heavy atom. The molecule has 5 nitrogen and oxygen atoms in total. The molecule has 2 N–H and O–H groups in total. The molecule has 2 amide bonds. The molecule has 1 aromatic carbocycles. The van der Waals surface area contributed by atoms with E-state index in [0.29, 0.717) is 13.0 Å². The summed E-state index contributed by atoms with van der Waals surface area (Å²) in [6.45, 7) is 2.14. The summed E-state index contributed by atoms with van der Waals surface area (Å²) in [6, 6.07) is 8.90. The van der Waals surface area contributed by atoms with Gasteiger partial charge in [0, 0.05) is 6.54 Å². The molecule has 1 aromatic rings. The van der Waals surface area contributed by atoms with Crippen molar-refractivity contribution in [2.24, 2.45) is 0 Å². The van der Waals surface area contributed by atoms with Gasteiger partial charge in [-0.15, -0.1) is 0 Å². The molecule has 5 heteroatoms. The fourth-order valence-electron chi connectivity index (χ4n) is 2.32. The van der Waals surface area contributed by atoms with Gasteiger partial charge in [-0.3, -0.25) is 14.8 Å². The van der Waals surface area contributed by atoms with Crippen molar-refractivity contribution in [3.63, 3.8) is 0 Å². The van der Waals surface area contributed by atoms with Gasteiger partial charge in [0.05, 0.1) is 5.92 Å². The van der Waals surface area contributed by atoms with E-state index in [1.807, 2.05) is 30.3 Å². The molecule has 0 bridgehead atoms. The van der Waals surface area contributed by atoms with E-state index in [2.05, 4.69) is 0 Å². The predicted molar refractivity (Wildman–Crippen MR) is 64.9 cm³/mol. The highest BCUT2D eigenvalue weighted by atomic mass is 16.5. The first-order chi connectivity index (χ1) is 8.65. The second-order valence-electron chi connectivity index (χ2n) is 4.44. The van der Waals surface area contributed by atoms with Crippen LogP contribution in [0.5, 0.6) is 0 Å². The average Bonchev–Trinajstić information content (AvgIpc) is 2.80. The minimum atomic E-state index is -0.642. The maximum atomic E-state index is 12.2. The van der Waals surface area contributed by atoms with Gasteiger partial charge in [-0.05, 0) is 18.9 Å². The molecule has 2 rings (SSSR count). The highest BCUT2D eigenvalue weighted by molar-refractivity contribution is 5.91. The lowest BCUT2D eigenvalue weighted by Gasteiger charge is -2.22. The Bertz CT molecular complexity index is 447. The lowest BCUT2D eigenvalue weighted by Crippen LogP contribution is -2.45. The molecule has 1 aliphatic heterocycles. The molecular weight excluding hydrogens is 232 g/mol. The molecule has 0 saturated carbocycles. The molecular formula is C13H16N2O3. The van der Waals surface area contributed by atoms with Crippen molar-refractivity contribution in [2.45, 2.75) is 25.3 Å². The summed E-state index contributed by atoms with van der Waals surface area (Å²) in [7, 11) is 0. The Labute approximate surface area is 105 Å². The number of benzene rings is 1. The maximum Gasteiger partial charge on any atom is 0.265 e. The lowest BCUT2D eigenvalue weighted by molar-refractivity contribution is -0.141. The van der Waals surface area contributed by atoms with Gasteiger partial charge in [0.15, 0.2) is 0 Å². The zero-order valence-electron chi connectivity index (χ0n) is 10.2. The monoisotopic (exact) mass is 248 g/mol. The third-order valence-corrected chi connectivity index (χ3v) is 3.40. The van der Waals surface area contributed by atoms with Gasteiger partial charge in [-0.1, -0.05) is 30.3 Å².